The fourth-order valence-corrected chi connectivity index (χ4v) is 6.24. The van der Waals surface area contributed by atoms with Crippen LogP contribution in [0.1, 0.15) is 59.1 Å². The number of aromatic nitrogens is 1. The third-order valence-electron chi connectivity index (χ3n) is 8.75. The van der Waals surface area contributed by atoms with E-state index in [1.165, 1.54) is 32.1 Å². The Kier molecular flexibility index (Phi) is 15.8. The van der Waals surface area contributed by atoms with Gasteiger partial charge in [-0.05, 0) is 105 Å². The van der Waals surface area contributed by atoms with Gasteiger partial charge in [0.05, 0.1) is 17.2 Å². The number of carboxylic acid groups (broad SMARTS) is 1. The number of nitrogens with zero attached hydrogens (tertiary/aromatic N) is 3. The third kappa shape index (κ3) is 11.6. The van der Waals surface area contributed by atoms with Crippen LogP contribution in [0.3, 0.4) is 0 Å². The lowest BCUT2D eigenvalue weighted by Gasteiger charge is -2.19. The summed E-state index contributed by atoms with van der Waals surface area (Å²) in [5.74, 6) is 2.13. The Morgan fingerprint density at radius 2 is 1.69 bits per heavy atom. The highest BCUT2D eigenvalue weighted by Crippen LogP contribution is 2.36. The number of ether oxygens (including phenoxy) is 3. The number of nitriles is 1. The van der Waals surface area contributed by atoms with Gasteiger partial charge in [0.1, 0.15) is 36.5 Å². The first-order valence-electron chi connectivity index (χ1n) is 17.2. The lowest BCUT2D eigenvalue weighted by atomic mass is 9.93. The van der Waals surface area contributed by atoms with Crippen molar-refractivity contribution in [3.05, 3.63) is 118 Å². The van der Waals surface area contributed by atoms with Gasteiger partial charge in [0.2, 0.25) is 0 Å². The second kappa shape index (κ2) is 20.7. The van der Waals surface area contributed by atoms with Crippen molar-refractivity contribution in [2.45, 2.75) is 59.3 Å². The van der Waals surface area contributed by atoms with Gasteiger partial charge in [0, 0.05) is 42.7 Å². The quantitative estimate of drug-likeness (QED) is 0.0634. The Hall–Kier alpha value is -4.88. The molecule has 0 aliphatic carbocycles. The van der Waals surface area contributed by atoms with Crippen molar-refractivity contribution in [3.8, 4) is 34.4 Å². The van der Waals surface area contributed by atoms with Gasteiger partial charge < -0.3 is 29.5 Å². The van der Waals surface area contributed by atoms with Crippen LogP contribution in [0.5, 0.6) is 17.2 Å². The second-order valence-corrected chi connectivity index (χ2v) is 12.7. The molecule has 51 heavy (non-hydrogen) atoms. The molecule has 1 fully saturated rings. The largest absolute Gasteiger partial charge is 0.493 e. The van der Waals surface area contributed by atoms with Gasteiger partial charge in [-0.2, -0.15) is 5.26 Å². The fraction of sp³-hybridized carbons (Fsp3) is 0.341. The van der Waals surface area contributed by atoms with Crippen LogP contribution in [0.15, 0.2) is 79.6 Å². The number of benzene rings is 3. The average Bonchev–Trinajstić information content (AvgIpc) is 3.66. The van der Waals surface area contributed by atoms with E-state index in [1.54, 1.807) is 12.3 Å². The van der Waals surface area contributed by atoms with E-state index >= 15 is 0 Å². The van der Waals surface area contributed by atoms with Crippen LogP contribution in [-0.4, -0.2) is 54.2 Å². The predicted molar refractivity (Wildman–Crippen MR) is 201 cm³/mol. The maximum absolute atomic E-state index is 9.27. The van der Waals surface area contributed by atoms with Crippen molar-refractivity contribution in [1.82, 2.24) is 15.2 Å². The number of nitrogens with one attached hydrogen (secondary N) is 1. The van der Waals surface area contributed by atoms with E-state index in [0.717, 1.165) is 70.6 Å². The molecule has 10 heteroatoms. The first kappa shape index (κ1) is 38.9. The van der Waals surface area contributed by atoms with E-state index in [2.05, 4.69) is 78.1 Å². The molecule has 3 aromatic carbocycles. The summed E-state index contributed by atoms with van der Waals surface area (Å²) in [6, 6.07) is 20.2. The van der Waals surface area contributed by atoms with Gasteiger partial charge in [0.15, 0.2) is 0 Å². The maximum Gasteiger partial charge on any atom is 0.290 e. The maximum atomic E-state index is 9.27. The highest BCUT2D eigenvalue weighted by molar-refractivity contribution is 6.32. The predicted octanol–water partition coefficient (Wildman–Crippen LogP) is 8.28. The molecule has 4 aromatic rings. The van der Waals surface area contributed by atoms with Crippen LogP contribution in [0, 0.1) is 25.2 Å². The molecule has 1 aliphatic heterocycles. The lowest BCUT2D eigenvalue weighted by molar-refractivity contribution is -0.122. The monoisotopic (exact) mass is 710 g/mol. The van der Waals surface area contributed by atoms with Gasteiger partial charge in [-0.1, -0.05) is 48.0 Å². The van der Waals surface area contributed by atoms with Crippen molar-refractivity contribution >= 4 is 18.1 Å². The van der Waals surface area contributed by atoms with Gasteiger partial charge in [0.25, 0.3) is 6.47 Å². The molecule has 0 bridgehead atoms. The summed E-state index contributed by atoms with van der Waals surface area (Å²) in [6.45, 7) is 14.0. The Morgan fingerprint density at radius 1 is 0.961 bits per heavy atom. The first-order valence-corrected chi connectivity index (χ1v) is 17.6. The van der Waals surface area contributed by atoms with Gasteiger partial charge in [-0.15, -0.1) is 6.58 Å². The standard InChI is InChI=1S/C40H45ClN4O3.CH2O2/c1-4-5-15-43-26-34-21-37(41)40(22-39(34)47-27-32-20-31(23-42)24-44-25-32)48-28-33-11-8-12-35(29(33)2)36-13-9-14-38(30(36)3)46-19-10-18-45-16-6-7-17-45;2-1-3/h4,8-9,11-14,20-22,24-25,43H,1,5-7,10,15-19,26-28H2,2-3H3;1H,(H,2,3). The molecule has 2 heterocycles. The number of likely N-dealkylation sites (tertiary alicyclic amines) is 1. The summed E-state index contributed by atoms with van der Waals surface area (Å²) in [5.41, 5.74) is 7.86. The third-order valence-corrected chi connectivity index (χ3v) is 9.05. The Morgan fingerprint density at radius 3 is 2.43 bits per heavy atom. The molecule has 0 spiro atoms. The molecule has 0 atom stereocenters. The lowest BCUT2D eigenvalue weighted by Crippen LogP contribution is -2.22. The van der Waals surface area contributed by atoms with E-state index in [0.29, 0.717) is 41.8 Å². The molecule has 0 unspecified atom stereocenters. The molecule has 0 radical (unpaired) electrons. The van der Waals surface area contributed by atoms with Crippen molar-refractivity contribution in [2.24, 2.45) is 0 Å². The summed E-state index contributed by atoms with van der Waals surface area (Å²) >= 11 is 6.77. The minimum absolute atomic E-state index is 0.250. The van der Waals surface area contributed by atoms with Crippen molar-refractivity contribution in [1.29, 1.82) is 5.26 Å². The van der Waals surface area contributed by atoms with E-state index < -0.39 is 0 Å². The Balaban J connectivity index is 0.00000188. The van der Waals surface area contributed by atoms with E-state index in [9.17, 15) is 5.26 Å². The highest BCUT2D eigenvalue weighted by Gasteiger charge is 2.16. The average molecular weight is 711 g/mol. The van der Waals surface area contributed by atoms with E-state index in [4.69, 9.17) is 35.7 Å². The summed E-state index contributed by atoms with van der Waals surface area (Å²) < 4.78 is 18.9. The molecular weight excluding hydrogens is 664 g/mol. The van der Waals surface area contributed by atoms with Crippen LogP contribution in [0.4, 0.5) is 0 Å². The molecule has 1 aliphatic rings. The molecule has 0 amide bonds. The number of pyridine rings is 1. The van der Waals surface area contributed by atoms with E-state index in [1.807, 2.05) is 18.2 Å². The number of carbonyl (C=O) groups is 1. The van der Waals surface area contributed by atoms with Crippen molar-refractivity contribution in [3.63, 3.8) is 0 Å². The molecule has 2 N–H and O–H groups in total. The van der Waals surface area contributed by atoms with E-state index in [-0.39, 0.29) is 13.1 Å². The normalized spacial score (nSPS) is 12.4. The van der Waals surface area contributed by atoms with Crippen LogP contribution >= 0.6 is 11.6 Å². The van der Waals surface area contributed by atoms with Crippen LogP contribution in [0.25, 0.3) is 11.1 Å². The zero-order chi connectivity index (χ0) is 36.4. The zero-order valence-corrected chi connectivity index (χ0v) is 30.3. The van der Waals surface area contributed by atoms with Crippen LogP contribution < -0.4 is 19.5 Å². The van der Waals surface area contributed by atoms with Crippen molar-refractivity contribution < 1.29 is 24.1 Å². The number of hydrogen-bond acceptors (Lipinski definition) is 8. The van der Waals surface area contributed by atoms with Crippen LogP contribution in [0.2, 0.25) is 5.02 Å². The van der Waals surface area contributed by atoms with Crippen molar-refractivity contribution in [2.75, 3.05) is 32.8 Å². The summed E-state index contributed by atoms with van der Waals surface area (Å²) in [5, 5.41) is 20.1. The van der Waals surface area contributed by atoms with Gasteiger partial charge in [-0.25, -0.2) is 0 Å². The molecule has 5 rings (SSSR count). The Bertz CT molecular complexity index is 1780. The number of rotatable bonds is 17. The number of halogens is 1. The smallest absolute Gasteiger partial charge is 0.290 e. The zero-order valence-electron chi connectivity index (χ0n) is 29.5. The van der Waals surface area contributed by atoms with Crippen LogP contribution in [-0.2, 0) is 24.6 Å². The molecule has 0 saturated carbocycles. The summed E-state index contributed by atoms with van der Waals surface area (Å²) in [6.07, 6.45) is 9.62. The second-order valence-electron chi connectivity index (χ2n) is 12.3. The van der Waals surface area contributed by atoms with Gasteiger partial charge >= 0.3 is 0 Å². The van der Waals surface area contributed by atoms with Gasteiger partial charge in [-0.3, -0.25) is 9.78 Å². The molecule has 268 valence electrons. The molecular formula is C41H47ClN4O5. The first-order chi connectivity index (χ1) is 24.9. The highest BCUT2D eigenvalue weighted by atomic mass is 35.5. The fourth-order valence-electron chi connectivity index (χ4n) is 6.00. The molecule has 1 aromatic heterocycles. The summed E-state index contributed by atoms with van der Waals surface area (Å²) in [4.78, 5) is 15.0. The molecule has 1 saturated heterocycles. The summed E-state index contributed by atoms with van der Waals surface area (Å²) in [7, 11) is 0. The topological polar surface area (TPSA) is 117 Å². The SMILES string of the molecule is C=CCCNCc1cc(Cl)c(OCc2cccc(-c3cccc(OCCCN4CCCC4)c3C)c2C)cc1OCc1cncc(C#N)c1.O=CO. The molecule has 9 nitrogen and oxygen atoms in total. The Labute approximate surface area is 306 Å². The minimum Gasteiger partial charge on any atom is -0.493 e. The number of hydrogen-bond donors (Lipinski definition) is 2. The minimum atomic E-state index is -0.250.